The zero-order valence-corrected chi connectivity index (χ0v) is 19.2. The lowest BCUT2D eigenvalue weighted by molar-refractivity contribution is -0.143. The van der Waals surface area contributed by atoms with Crippen LogP contribution in [0.3, 0.4) is 0 Å². The molecule has 1 aromatic carbocycles. The van der Waals surface area contributed by atoms with Gasteiger partial charge in [0, 0.05) is 30.5 Å². The Hall–Kier alpha value is -3.10. The van der Waals surface area contributed by atoms with Gasteiger partial charge in [0.05, 0.1) is 17.5 Å². The molecule has 8 nitrogen and oxygen atoms in total. The van der Waals surface area contributed by atoms with Gasteiger partial charge in [0.25, 0.3) is 5.56 Å². The monoisotopic (exact) mass is 480 g/mol. The minimum absolute atomic E-state index is 0. The summed E-state index contributed by atoms with van der Waals surface area (Å²) in [5, 5.41) is 11.0. The Bertz CT molecular complexity index is 1310. The normalized spacial score (nSPS) is 11.1. The molecule has 0 fully saturated rings. The molecule has 170 valence electrons. The topological polar surface area (TPSA) is 107 Å². The molecule has 32 heavy (non-hydrogen) atoms. The van der Waals surface area contributed by atoms with E-state index in [1.54, 1.807) is 24.3 Å². The van der Waals surface area contributed by atoms with E-state index in [-0.39, 0.29) is 36.6 Å². The van der Waals surface area contributed by atoms with Crippen LogP contribution in [0.4, 0.5) is 0 Å². The Morgan fingerprint density at radius 2 is 1.88 bits per heavy atom. The number of nitrogens with zero attached hydrogens (tertiary/aromatic N) is 2. The molecule has 0 spiro atoms. The molecule has 0 aliphatic rings. The maximum absolute atomic E-state index is 12.9. The Morgan fingerprint density at radius 1 is 1.19 bits per heavy atom. The van der Waals surface area contributed by atoms with E-state index in [4.69, 9.17) is 16.3 Å². The third kappa shape index (κ3) is 5.03. The first kappa shape index (κ1) is 25.2. The number of Topliss-reactive ketones (excluding diaryl/α,β-unsaturated/α-hetero) is 1. The summed E-state index contributed by atoms with van der Waals surface area (Å²) in [5.41, 5.74) is -2.55. The van der Waals surface area contributed by atoms with E-state index >= 15 is 0 Å². The highest BCUT2D eigenvalue weighted by Gasteiger charge is 2.33. The number of aromatic nitrogens is 2. The molecule has 0 aliphatic heterocycles. The second-order valence-corrected chi connectivity index (χ2v) is 8.27. The Balaban J connectivity index is 0.00000363. The minimum atomic E-state index is -1.20. The summed E-state index contributed by atoms with van der Waals surface area (Å²) >= 11 is 5.98. The van der Waals surface area contributed by atoms with Crippen molar-refractivity contribution in [2.24, 2.45) is 5.41 Å². The zero-order chi connectivity index (χ0) is 22.9. The number of ether oxygens (including phenoxy) is 1. The fourth-order valence-corrected chi connectivity index (χ4v) is 3.35. The molecule has 0 atom stereocenters. The lowest BCUT2D eigenvalue weighted by Crippen LogP contribution is -2.35. The molecule has 3 aromatic rings. The van der Waals surface area contributed by atoms with Gasteiger partial charge in [-0.3, -0.25) is 19.2 Å². The number of benzene rings is 1. The van der Waals surface area contributed by atoms with Crippen LogP contribution in [0.25, 0.3) is 5.52 Å². The fraction of sp³-hybridized carbons (Fsp3) is 0.273. The third-order valence-electron chi connectivity index (χ3n) is 4.82. The number of fused-ring (bicyclic) bond motifs is 1. The van der Waals surface area contributed by atoms with Gasteiger partial charge in [-0.1, -0.05) is 23.7 Å². The molecule has 0 radical (unpaired) electrons. The van der Waals surface area contributed by atoms with Crippen LogP contribution in [0.2, 0.25) is 5.02 Å². The molecule has 0 aliphatic carbocycles. The van der Waals surface area contributed by atoms with Crippen LogP contribution in [0, 0.1) is 5.41 Å². The van der Waals surface area contributed by atoms with E-state index in [1.165, 1.54) is 48.3 Å². The average molecular weight is 481 g/mol. The van der Waals surface area contributed by atoms with Gasteiger partial charge in [0.1, 0.15) is 6.61 Å². The second-order valence-electron chi connectivity index (χ2n) is 7.83. The number of aromatic hydroxyl groups is 1. The van der Waals surface area contributed by atoms with Gasteiger partial charge in [0.15, 0.2) is 17.0 Å². The van der Waals surface area contributed by atoms with Crippen LogP contribution in [-0.4, -0.2) is 32.4 Å². The first-order valence-electron chi connectivity index (χ1n) is 9.41. The molecule has 1 N–H and O–H groups in total. The van der Waals surface area contributed by atoms with Gasteiger partial charge in [0.2, 0.25) is 5.43 Å². The number of ketones is 1. The van der Waals surface area contributed by atoms with Crippen molar-refractivity contribution in [3.8, 4) is 5.75 Å². The van der Waals surface area contributed by atoms with Crippen molar-refractivity contribution in [3.05, 3.63) is 79.6 Å². The average Bonchev–Trinajstić information content (AvgIpc) is 2.70. The van der Waals surface area contributed by atoms with Crippen molar-refractivity contribution in [3.63, 3.8) is 0 Å². The smallest absolute Gasteiger partial charge is 0.302 e. The summed E-state index contributed by atoms with van der Waals surface area (Å²) in [6.45, 7) is 4.20. The van der Waals surface area contributed by atoms with Gasteiger partial charge in [-0.25, -0.2) is 0 Å². The maximum atomic E-state index is 12.9. The Kier molecular flexibility index (Phi) is 7.54. The van der Waals surface area contributed by atoms with Crippen molar-refractivity contribution < 1.29 is 19.4 Å². The number of halogens is 2. The highest BCUT2D eigenvalue weighted by atomic mass is 35.5. The maximum Gasteiger partial charge on any atom is 0.302 e. The van der Waals surface area contributed by atoms with Gasteiger partial charge in [-0.05, 0) is 31.5 Å². The van der Waals surface area contributed by atoms with Crippen LogP contribution < -0.4 is 11.0 Å². The molecule has 0 bridgehead atoms. The summed E-state index contributed by atoms with van der Waals surface area (Å²) in [4.78, 5) is 49.6. The van der Waals surface area contributed by atoms with E-state index in [0.29, 0.717) is 5.02 Å². The number of rotatable bonds is 6. The van der Waals surface area contributed by atoms with Crippen molar-refractivity contribution >= 4 is 41.3 Å². The molecule has 0 saturated carbocycles. The summed E-state index contributed by atoms with van der Waals surface area (Å²) in [6.07, 6.45) is 4.16. The van der Waals surface area contributed by atoms with E-state index in [9.17, 15) is 24.3 Å². The van der Waals surface area contributed by atoms with Crippen molar-refractivity contribution in [1.29, 1.82) is 0 Å². The SMILES string of the molecule is CC(=O)OCC(C)(C)C(=O)c1cn2ccn(Cc3cccc(Cl)c3)c(=O)c2c(O)c1=O.Cl. The zero-order valence-electron chi connectivity index (χ0n) is 17.6. The first-order chi connectivity index (χ1) is 14.5. The number of hydrogen-bond donors (Lipinski definition) is 1. The second kappa shape index (κ2) is 9.58. The predicted octanol–water partition coefficient (Wildman–Crippen LogP) is 3.06. The summed E-state index contributed by atoms with van der Waals surface area (Å²) in [7, 11) is 0. The molecule has 10 heteroatoms. The van der Waals surface area contributed by atoms with Gasteiger partial charge >= 0.3 is 5.97 Å². The van der Waals surface area contributed by atoms with Gasteiger partial charge < -0.3 is 18.8 Å². The van der Waals surface area contributed by atoms with Gasteiger partial charge in [-0.2, -0.15) is 0 Å². The van der Waals surface area contributed by atoms with Crippen LogP contribution in [0.1, 0.15) is 36.7 Å². The van der Waals surface area contributed by atoms with Crippen molar-refractivity contribution in [1.82, 2.24) is 8.97 Å². The van der Waals surface area contributed by atoms with Crippen molar-refractivity contribution in [2.75, 3.05) is 6.61 Å². The van der Waals surface area contributed by atoms with E-state index in [2.05, 4.69) is 0 Å². The molecule has 0 unspecified atom stereocenters. The van der Waals surface area contributed by atoms with Crippen LogP contribution in [0.5, 0.6) is 5.75 Å². The molecular formula is C22H22Cl2N2O6. The quantitative estimate of drug-likeness (QED) is 0.429. The molecule has 2 heterocycles. The van der Waals surface area contributed by atoms with E-state index < -0.39 is 33.9 Å². The third-order valence-corrected chi connectivity index (χ3v) is 5.05. The highest BCUT2D eigenvalue weighted by molar-refractivity contribution is 6.30. The predicted molar refractivity (Wildman–Crippen MR) is 122 cm³/mol. The van der Waals surface area contributed by atoms with Crippen LogP contribution in [-0.2, 0) is 16.1 Å². The first-order valence-corrected chi connectivity index (χ1v) is 9.79. The number of esters is 1. The molecular weight excluding hydrogens is 459 g/mol. The van der Waals surface area contributed by atoms with Crippen molar-refractivity contribution in [2.45, 2.75) is 27.3 Å². The van der Waals surface area contributed by atoms with E-state index in [0.717, 1.165) is 5.56 Å². The number of carbonyl (C=O) groups is 2. The molecule has 0 amide bonds. The number of carbonyl (C=O) groups excluding carboxylic acids is 2. The number of pyridine rings is 1. The Labute approximate surface area is 194 Å². The highest BCUT2D eigenvalue weighted by Crippen LogP contribution is 2.23. The lowest BCUT2D eigenvalue weighted by atomic mass is 9.85. The standard InChI is InChI=1S/C22H21ClN2O6.ClH/c1-13(26)31-12-22(2,3)20(29)16-11-24-7-8-25(10-14-5-4-6-15(23)9-14)21(30)17(24)19(28)18(16)27;/h4-9,11,28H,10,12H2,1-3H3;1H. The molecule has 2 aromatic heterocycles. The summed E-state index contributed by atoms with van der Waals surface area (Å²) in [6, 6.07) is 6.96. The lowest BCUT2D eigenvalue weighted by Gasteiger charge is -2.22. The largest absolute Gasteiger partial charge is 0.503 e. The number of hydrogen-bond acceptors (Lipinski definition) is 6. The van der Waals surface area contributed by atoms with Gasteiger partial charge in [-0.15, -0.1) is 12.4 Å². The Morgan fingerprint density at radius 3 is 2.50 bits per heavy atom. The minimum Gasteiger partial charge on any atom is -0.503 e. The summed E-state index contributed by atoms with van der Waals surface area (Å²) < 4.78 is 7.48. The molecule has 0 saturated heterocycles. The molecule has 3 rings (SSSR count). The summed E-state index contributed by atoms with van der Waals surface area (Å²) in [5.74, 6) is -2.00. The van der Waals surface area contributed by atoms with E-state index in [1.807, 2.05) is 0 Å². The van der Waals surface area contributed by atoms with Crippen LogP contribution >= 0.6 is 24.0 Å². The van der Waals surface area contributed by atoms with Crippen LogP contribution in [0.15, 0.2) is 52.4 Å². The fourth-order valence-electron chi connectivity index (χ4n) is 3.14.